The van der Waals surface area contributed by atoms with E-state index < -0.39 is 15.9 Å². The monoisotopic (exact) mass is 397 g/mol. The van der Waals surface area contributed by atoms with Crippen LogP contribution in [0.1, 0.15) is 31.9 Å². The Morgan fingerprint density at radius 3 is 2.85 bits per heavy atom. The Hall–Kier alpha value is -2.04. The minimum absolute atomic E-state index is 0.0688. The Labute approximate surface area is 160 Å². The molecule has 2 heterocycles. The molecule has 1 aromatic heterocycles. The second-order valence-electron chi connectivity index (χ2n) is 6.71. The van der Waals surface area contributed by atoms with Gasteiger partial charge in [0.15, 0.2) is 0 Å². The third-order valence-corrected chi connectivity index (χ3v) is 5.45. The Balaban J connectivity index is 1.90. The zero-order chi connectivity index (χ0) is 19.9. The Morgan fingerprint density at radius 2 is 2.19 bits per heavy atom. The molecule has 0 spiro atoms. The van der Waals surface area contributed by atoms with E-state index in [9.17, 15) is 18.0 Å². The lowest BCUT2D eigenvalue weighted by molar-refractivity contribution is -0.134. The zero-order valence-electron chi connectivity index (χ0n) is 15.6. The second kappa shape index (κ2) is 9.77. The van der Waals surface area contributed by atoms with Gasteiger partial charge in [0.1, 0.15) is 0 Å². The van der Waals surface area contributed by atoms with Gasteiger partial charge < -0.3 is 15.5 Å². The predicted molar refractivity (Wildman–Crippen MR) is 101 cm³/mol. The fraction of sp³-hybridized carbons (Fsp3) is 0.588. The summed E-state index contributed by atoms with van der Waals surface area (Å²) in [6, 6.07) is 3.47. The molecule has 9 nitrogen and oxygen atoms in total. The summed E-state index contributed by atoms with van der Waals surface area (Å²) in [5, 5.41) is 5.84. The van der Waals surface area contributed by atoms with Crippen LogP contribution in [-0.2, 0) is 19.6 Å². The maximum Gasteiger partial charge on any atom is 0.235 e. The van der Waals surface area contributed by atoms with Gasteiger partial charge in [-0.15, -0.1) is 0 Å². The number of nitrogens with zero attached hydrogens (tertiary/aromatic N) is 2. The average molecular weight is 398 g/mol. The lowest BCUT2D eigenvalue weighted by Crippen LogP contribution is -2.49. The molecule has 2 amide bonds. The van der Waals surface area contributed by atoms with Crippen LogP contribution in [0.15, 0.2) is 24.5 Å². The highest BCUT2D eigenvalue weighted by Crippen LogP contribution is 2.22. The fourth-order valence-electron chi connectivity index (χ4n) is 2.86. The molecule has 1 aromatic rings. The summed E-state index contributed by atoms with van der Waals surface area (Å²) >= 11 is 0. The van der Waals surface area contributed by atoms with Gasteiger partial charge >= 0.3 is 0 Å². The molecule has 0 saturated carbocycles. The van der Waals surface area contributed by atoms with Gasteiger partial charge in [-0.05, 0) is 25.5 Å². The lowest BCUT2D eigenvalue weighted by atomic mass is 10.1. The van der Waals surface area contributed by atoms with Crippen molar-refractivity contribution >= 4 is 21.8 Å². The van der Waals surface area contributed by atoms with Gasteiger partial charge in [-0.3, -0.25) is 14.6 Å². The van der Waals surface area contributed by atoms with Crippen LogP contribution in [0.25, 0.3) is 0 Å². The predicted octanol–water partition coefficient (Wildman–Crippen LogP) is -0.611. The molecule has 1 atom stereocenters. The van der Waals surface area contributed by atoms with E-state index >= 15 is 0 Å². The Morgan fingerprint density at radius 1 is 1.41 bits per heavy atom. The maximum atomic E-state index is 12.6. The number of carbonyl (C=O) groups excluding carboxylic acids is 2. The van der Waals surface area contributed by atoms with Crippen molar-refractivity contribution in [3.05, 3.63) is 30.1 Å². The first kappa shape index (κ1) is 21.3. The highest BCUT2D eigenvalue weighted by molar-refractivity contribution is 7.89. The van der Waals surface area contributed by atoms with Gasteiger partial charge in [0.05, 0.1) is 18.3 Å². The summed E-state index contributed by atoms with van der Waals surface area (Å²) < 4.78 is 26.4. The summed E-state index contributed by atoms with van der Waals surface area (Å²) in [5.74, 6) is -0.995. The Bertz CT molecular complexity index is 739. The largest absolute Gasteiger partial charge is 0.353 e. The van der Waals surface area contributed by atoms with Gasteiger partial charge in [-0.2, -0.15) is 0 Å². The number of amides is 2. The summed E-state index contributed by atoms with van der Waals surface area (Å²) in [4.78, 5) is 30.0. The summed E-state index contributed by atoms with van der Waals surface area (Å²) in [5.41, 5.74) is 0.907. The molecule has 0 aliphatic carbocycles. The summed E-state index contributed by atoms with van der Waals surface area (Å²) in [6.07, 6.45) is 3.24. The van der Waals surface area contributed by atoms with E-state index in [1.54, 1.807) is 31.1 Å². The van der Waals surface area contributed by atoms with Crippen LogP contribution in [-0.4, -0.2) is 68.1 Å². The molecule has 2 rings (SSSR count). The first-order chi connectivity index (χ1) is 12.8. The topological polar surface area (TPSA) is 120 Å². The van der Waals surface area contributed by atoms with Crippen molar-refractivity contribution in [2.24, 2.45) is 0 Å². The maximum absolute atomic E-state index is 12.6. The molecule has 0 radical (unpaired) electrons. The third kappa shape index (κ3) is 6.89. The van der Waals surface area contributed by atoms with Crippen molar-refractivity contribution in [2.45, 2.75) is 32.4 Å². The van der Waals surface area contributed by atoms with Crippen molar-refractivity contribution in [2.75, 3.05) is 31.9 Å². The molecular formula is C17H27N5O4S. The highest BCUT2D eigenvalue weighted by Gasteiger charge is 2.28. The molecule has 27 heavy (non-hydrogen) atoms. The van der Waals surface area contributed by atoms with Gasteiger partial charge in [-0.25, -0.2) is 13.1 Å². The van der Waals surface area contributed by atoms with Crippen molar-refractivity contribution < 1.29 is 18.0 Å². The number of piperazine rings is 1. The van der Waals surface area contributed by atoms with Crippen LogP contribution < -0.4 is 15.4 Å². The van der Waals surface area contributed by atoms with Crippen LogP contribution >= 0.6 is 0 Å². The number of hydrogen-bond acceptors (Lipinski definition) is 6. The molecule has 1 aliphatic rings. The third-order valence-electron chi connectivity index (χ3n) is 4.12. The van der Waals surface area contributed by atoms with E-state index in [1.165, 1.54) is 0 Å². The van der Waals surface area contributed by atoms with Gasteiger partial charge in [0.2, 0.25) is 21.8 Å². The average Bonchev–Trinajstić information content (AvgIpc) is 2.65. The molecular weight excluding hydrogens is 370 g/mol. The smallest absolute Gasteiger partial charge is 0.235 e. The number of aromatic nitrogens is 1. The summed E-state index contributed by atoms with van der Waals surface area (Å²) in [7, 11) is -3.71. The number of nitrogens with one attached hydrogen (secondary N) is 3. The van der Waals surface area contributed by atoms with Crippen molar-refractivity contribution in [1.29, 1.82) is 0 Å². The number of rotatable bonds is 8. The van der Waals surface area contributed by atoms with E-state index in [2.05, 4.69) is 20.3 Å². The van der Waals surface area contributed by atoms with Crippen molar-refractivity contribution in [3.63, 3.8) is 0 Å². The molecule has 0 bridgehead atoms. The number of sulfonamides is 1. The van der Waals surface area contributed by atoms with Crippen LogP contribution in [0.2, 0.25) is 0 Å². The summed E-state index contributed by atoms with van der Waals surface area (Å²) in [6.45, 7) is 5.00. The first-order valence-corrected chi connectivity index (χ1v) is 10.6. The minimum atomic E-state index is -3.71. The van der Waals surface area contributed by atoms with Crippen LogP contribution in [0.5, 0.6) is 0 Å². The molecule has 1 aliphatic heterocycles. The number of pyridine rings is 1. The van der Waals surface area contributed by atoms with E-state index in [1.807, 2.05) is 12.1 Å². The SMILES string of the molecule is CC(C)NC(=O)CNS(=O)(=O)CCC(=O)N1CCNCC1c1cccnc1. The van der Waals surface area contributed by atoms with E-state index in [0.717, 1.165) is 5.56 Å². The first-order valence-electron chi connectivity index (χ1n) is 8.95. The second-order valence-corrected chi connectivity index (χ2v) is 8.63. The highest BCUT2D eigenvalue weighted by atomic mass is 32.2. The Kier molecular flexibility index (Phi) is 7.69. The quantitative estimate of drug-likeness (QED) is 0.538. The van der Waals surface area contributed by atoms with Crippen molar-refractivity contribution in [1.82, 2.24) is 25.2 Å². The number of carbonyl (C=O) groups is 2. The van der Waals surface area contributed by atoms with E-state index in [0.29, 0.717) is 19.6 Å². The molecule has 1 saturated heterocycles. The normalized spacial score (nSPS) is 17.7. The zero-order valence-corrected chi connectivity index (χ0v) is 16.5. The molecule has 150 valence electrons. The van der Waals surface area contributed by atoms with E-state index in [-0.39, 0.29) is 36.7 Å². The lowest BCUT2D eigenvalue weighted by Gasteiger charge is -2.36. The van der Waals surface area contributed by atoms with Crippen LogP contribution in [0, 0.1) is 0 Å². The number of hydrogen-bond donors (Lipinski definition) is 3. The molecule has 10 heteroatoms. The fourth-order valence-corrected chi connectivity index (χ4v) is 3.80. The van der Waals surface area contributed by atoms with Crippen LogP contribution in [0.4, 0.5) is 0 Å². The van der Waals surface area contributed by atoms with E-state index in [4.69, 9.17) is 0 Å². The molecule has 0 aromatic carbocycles. The van der Waals surface area contributed by atoms with Gasteiger partial charge in [0, 0.05) is 44.5 Å². The molecule has 1 fully saturated rings. The van der Waals surface area contributed by atoms with Crippen molar-refractivity contribution in [3.8, 4) is 0 Å². The van der Waals surface area contributed by atoms with Gasteiger partial charge in [0.25, 0.3) is 0 Å². The standard InChI is InChI=1S/C17H27N5O4S/c1-13(2)21-16(23)12-20-27(25,26)9-5-17(24)22-8-7-19-11-15(22)14-4-3-6-18-10-14/h3-4,6,10,13,15,19-20H,5,7-9,11-12H2,1-2H3,(H,21,23). The molecule has 1 unspecified atom stereocenters. The van der Waals surface area contributed by atoms with Gasteiger partial charge in [-0.1, -0.05) is 6.07 Å². The minimum Gasteiger partial charge on any atom is -0.353 e. The van der Waals surface area contributed by atoms with Crippen LogP contribution in [0.3, 0.4) is 0 Å². The molecule has 3 N–H and O–H groups in total.